The molecule has 0 bridgehead atoms. The number of allylic oxidation sites excluding steroid dienone is 4. The number of nitrogens with zero attached hydrogens (tertiary/aromatic N) is 4. The Kier molecular flexibility index (Phi) is 6.24. The summed E-state index contributed by atoms with van der Waals surface area (Å²) >= 11 is 0. The maximum atomic E-state index is 5.28. The van der Waals surface area contributed by atoms with E-state index in [4.69, 9.17) is 19.9 Å². The van der Waals surface area contributed by atoms with Crippen LogP contribution in [-0.2, 0) is 0 Å². The standard InChI is InChI=1S/C42H28N4/c1-3-14-28(15-4-1)37-25-38(29-16-5-2-6-17-29)46-42(45-37)41-32-20-10-9-19-31(32)35(26-43-41)40-34-24-23-27-13-7-8-18-30(27)39(34)33-21-11-12-22-36(33)44-40/h1-16,18-26,29H,17H2. The van der Waals surface area contributed by atoms with Gasteiger partial charge in [-0.1, -0.05) is 133 Å². The van der Waals surface area contributed by atoms with Crippen LogP contribution in [0.4, 0.5) is 0 Å². The molecule has 9 rings (SSSR count). The average molecular weight is 589 g/mol. The average Bonchev–Trinajstić information content (AvgIpc) is 3.14. The fourth-order valence-electron chi connectivity index (χ4n) is 6.81. The van der Waals surface area contributed by atoms with Crippen LogP contribution < -0.4 is 0 Å². The zero-order valence-corrected chi connectivity index (χ0v) is 25.0. The van der Waals surface area contributed by atoms with Crippen LogP contribution >= 0.6 is 0 Å². The van der Waals surface area contributed by atoms with E-state index < -0.39 is 0 Å². The fourth-order valence-corrected chi connectivity index (χ4v) is 6.81. The van der Waals surface area contributed by atoms with Gasteiger partial charge in [0, 0.05) is 44.8 Å². The first-order valence-electron chi connectivity index (χ1n) is 15.7. The molecule has 0 aliphatic heterocycles. The van der Waals surface area contributed by atoms with Gasteiger partial charge in [-0.25, -0.2) is 15.0 Å². The molecule has 1 aliphatic carbocycles. The first-order valence-corrected chi connectivity index (χ1v) is 15.7. The lowest BCUT2D eigenvalue weighted by atomic mass is 9.93. The zero-order chi connectivity index (χ0) is 30.5. The van der Waals surface area contributed by atoms with Crippen molar-refractivity contribution in [2.24, 2.45) is 0 Å². The smallest absolute Gasteiger partial charge is 0.179 e. The molecular formula is C42H28N4. The van der Waals surface area contributed by atoms with Crippen molar-refractivity contribution in [3.8, 4) is 34.0 Å². The molecule has 4 heteroatoms. The van der Waals surface area contributed by atoms with Crippen molar-refractivity contribution in [3.05, 3.63) is 158 Å². The van der Waals surface area contributed by atoms with Gasteiger partial charge < -0.3 is 0 Å². The monoisotopic (exact) mass is 588 g/mol. The Morgan fingerprint density at radius 3 is 2.17 bits per heavy atom. The summed E-state index contributed by atoms with van der Waals surface area (Å²) in [5.74, 6) is 0.812. The fraction of sp³-hybridized carbons (Fsp3) is 0.0476. The molecule has 0 saturated heterocycles. The van der Waals surface area contributed by atoms with Crippen molar-refractivity contribution in [2.75, 3.05) is 0 Å². The second-order valence-corrected chi connectivity index (χ2v) is 11.8. The summed E-state index contributed by atoms with van der Waals surface area (Å²) < 4.78 is 0. The van der Waals surface area contributed by atoms with Gasteiger partial charge in [0.15, 0.2) is 5.82 Å². The van der Waals surface area contributed by atoms with Crippen LogP contribution in [0.3, 0.4) is 0 Å². The summed E-state index contributed by atoms with van der Waals surface area (Å²) in [6.45, 7) is 0. The maximum Gasteiger partial charge on any atom is 0.179 e. The summed E-state index contributed by atoms with van der Waals surface area (Å²) in [4.78, 5) is 20.7. The predicted molar refractivity (Wildman–Crippen MR) is 190 cm³/mol. The van der Waals surface area contributed by atoms with Crippen LogP contribution in [0.25, 0.3) is 77.3 Å². The van der Waals surface area contributed by atoms with Crippen LogP contribution in [0.1, 0.15) is 18.0 Å². The van der Waals surface area contributed by atoms with Gasteiger partial charge in [-0.2, -0.15) is 0 Å². The van der Waals surface area contributed by atoms with Crippen molar-refractivity contribution >= 4 is 43.2 Å². The van der Waals surface area contributed by atoms with Crippen LogP contribution in [0.2, 0.25) is 0 Å². The van der Waals surface area contributed by atoms with Crippen molar-refractivity contribution in [3.63, 3.8) is 0 Å². The topological polar surface area (TPSA) is 51.6 Å². The van der Waals surface area contributed by atoms with Crippen molar-refractivity contribution in [2.45, 2.75) is 12.3 Å². The predicted octanol–water partition coefficient (Wildman–Crippen LogP) is 10.5. The molecular weight excluding hydrogens is 560 g/mol. The van der Waals surface area contributed by atoms with E-state index in [2.05, 4.69) is 127 Å². The number of para-hydroxylation sites is 1. The highest BCUT2D eigenvalue weighted by Gasteiger charge is 2.20. The van der Waals surface area contributed by atoms with E-state index in [1.54, 1.807) is 0 Å². The van der Waals surface area contributed by atoms with Crippen molar-refractivity contribution in [1.82, 2.24) is 19.9 Å². The molecule has 0 spiro atoms. The number of fused-ring (bicyclic) bond motifs is 6. The third-order valence-corrected chi connectivity index (χ3v) is 9.03. The quantitative estimate of drug-likeness (QED) is 0.192. The van der Waals surface area contributed by atoms with Gasteiger partial charge in [0.1, 0.15) is 5.69 Å². The van der Waals surface area contributed by atoms with Crippen LogP contribution in [0.5, 0.6) is 0 Å². The van der Waals surface area contributed by atoms with E-state index in [-0.39, 0.29) is 5.92 Å². The molecule has 3 heterocycles. The van der Waals surface area contributed by atoms with Gasteiger partial charge in [0.05, 0.1) is 22.6 Å². The lowest BCUT2D eigenvalue weighted by molar-refractivity contribution is 0.811. The van der Waals surface area contributed by atoms with E-state index in [1.165, 1.54) is 16.2 Å². The van der Waals surface area contributed by atoms with Gasteiger partial charge in [-0.05, 0) is 34.7 Å². The highest BCUT2D eigenvalue weighted by atomic mass is 14.9. The van der Waals surface area contributed by atoms with Gasteiger partial charge in [-0.15, -0.1) is 0 Å². The van der Waals surface area contributed by atoms with Gasteiger partial charge in [0.25, 0.3) is 0 Å². The number of aromatic nitrogens is 4. The van der Waals surface area contributed by atoms with Gasteiger partial charge in [-0.3, -0.25) is 4.98 Å². The zero-order valence-electron chi connectivity index (χ0n) is 25.0. The number of hydrogen-bond acceptors (Lipinski definition) is 4. The Bertz CT molecular complexity index is 2500. The van der Waals surface area contributed by atoms with Crippen LogP contribution in [0.15, 0.2) is 152 Å². The molecule has 5 aromatic carbocycles. The molecule has 0 amide bonds. The molecule has 1 aliphatic rings. The first-order chi connectivity index (χ1) is 22.8. The van der Waals surface area contributed by atoms with E-state index in [0.717, 1.165) is 67.4 Å². The Balaban J connectivity index is 1.30. The van der Waals surface area contributed by atoms with Crippen molar-refractivity contribution < 1.29 is 0 Å². The summed E-state index contributed by atoms with van der Waals surface area (Å²) in [5.41, 5.74) is 6.60. The van der Waals surface area contributed by atoms with E-state index in [0.29, 0.717) is 5.82 Å². The maximum absolute atomic E-state index is 5.28. The van der Waals surface area contributed by atoms with Crippen molar-refractivity contribution in [1.29, 1.82) is 0 Å². The summed E-state index contributed by atoms with van der Waals surface area (Å²) in [5, 5.41) is 7.98. The summed E-state index contributed by atoms with van der Waals surface area (Å²) in [6, 6.07) is 42.3. The Morgan fingerprint density at radius 2 is 1.33 bits per heavy atom. The highest BCUT2D eigenvalue weighted by Crippen LogP contribution is 2.40. The van der Waals surface area contributed by atoms with Gasteiger partial charge in [0.2, 0.25) is 0 Å². The lowest BCUT2D eigenvalue weighted by Crippen LogP contribution is -2.05. The number of pyridine rings is 2. The van der Waals surface area contributed by atoms with Gasteiger partial charge >= 0.3 is 0 Å². The van der Waals surface area contributed by atoms with E-state index in [1.807, 2.05) is 24.4 Å². The van der Waals surface area contributed by atoms with E-state index in [9.17, 15) is 0 Å². The second kappa shape index (κ2) is 10.9. The van der Waals surface area contributed by atoms with Crippen LogP contribution in [0, 0.1) is 0 Å². The SMILES string of the molecule is C1=CCC(c2cc(-c3ccccc3)nc(-c3ncc(-c4nc5ccccc5c5c4ccc4ccccc45)c4ccccc34)n2)C=C1. The lowest BCUT2D eigenvalue weighted by Gasteiger charge is -2.17. The summed E-state index contributed by atoms with van der Waals surface area (Å²) in [6.07, 6.45) is 11.5. The second-order valence-electron chi connectivity index (χ2n) is 11.8. The molecule has 46 heavy (non-hydrogen) atoms. The number of benzene rings is 5. The minimum atomic E-state index is 0.183. The minimum Gasteiger partial charge on any atom is -0.252 e. The molecule has 0 fully saturated rings. The molecule has 0 radical (unpaired) electrons. The minimum absolute atomic E-state index is 0.183. The molecule has 0 saturated carbocycles. The summed E-state index contributed by atoms with van der Waals surface area (Å²) in [7, 11) is 0. The molecule has 216 valence electrons. The number of hydrogen-bond donors (Lipinski definition) is 0. The molecule has 0 N–H and O–H groups in total. The van der Waals surface area contributed by atoms with Crippen LogP contribution in [-0.4, -0.2) is 19.9 Å². The third kappa shape index (κ3) is 4.38. The Morgan fingerprint density at radius 1 is 0.565 bits per heavy atom. The molecule has 8 aromatic rings. The highest BCUT2D eigenvalue weighted by molar-refractivity contribution is 6.23. The largest absolute Gasteiger partial charge is 0.252 e. The first kappa shape index (κ1) is 26.4. The Labute approximate surface area is 266 Å². The van der Waals surface area contributed by atoms with E-state index >= 15 is 0 Å². The Hall–Kier alpha value is -6.00. The third-order valence-electron chi connectivity index (χ3n) is 9.03. The molecule has 4 nitrogen and oxygen atoms in total. The molecule has 1 atom stereocenters. The normalized spacial score (nSPS) is 14.5. The molecule has 3 aromatic heterocycles. The number of rotatable bonds is 4. The molecule has 1 unspecified atom stereocenters.